The van der Waals surface area contributed by atoms with Crippen LogP contribution in [0.1, 0.15) is 54.5 Å². The Morgan fingerprint density at radius 2 is 1.10 bits per heavy atom. The maximum atomic E-state index is 14.2. The summed E-state index contributed by atoms with van der Waals surface area (Å²) in [4.78, 5) is 66.7. The summed E-state index contributed by atoms with van der Waals surface area (Å²) < 4.78 is 10.4. The lowest BCUT2D eigenvalue weighted by atomic mass is 9.77. The van der Waals surface area contributed by atoms with Crippen LogP contribution in [0.4, 0.5) is 4.79 Å². The van der Waals surface area contributed by atoms with Gasteiger partial charge in [-0.1, -0.05) is 158 Å². The van der Waals surface area contributed by atoms with E-state index in [0.717, 1.165) is 27.8 Å². The Morgan fingerprint density at radius 3 is 1.61 bits per heavy atom. The first-order valence-corrected chi connectivity index (χ1v) is 19.6. The molecule has 0 fully saturated rings. The fraction of sp³-hybridized carbons (Fsp3) is 0.229. The number of nitrogens with one attached hydrogen (secondary N) is 4. The Kier molecular flexibility index (Phi) is 16.1. The molecular formula is C48H50N4O7. The molecule has 0 aliphatic rings. The third-order valence-electron chi connectivity index (χ3n) is 9.56. The smallest absolute Gasteiger partial charge is 0.408 e. The maximum absolute atomic E-state index is 14.2. The van der Waals surface area contributed by atoms with Gasteiger partial charge in [-0.2, -0.15) is 0 Å². The molecule has 0 heterocycles. The molecule has 4 N–H and O–H groups in total. The van der Waals surface area contributed by atoms with Gasteiger partial charge >= 0.3 is 12.1 Å². The molecule has 11 heteroatoms. The molecule has 0 spiro atoms. The molecule has 0 saturated heterocycles. The molecule has 5 rings (SSSR count). The highest BCUT2D eigenvalue weighted by atomic mass is 16.5. The number of carbonyl (C=O) groups is 5. The first-order chi connectivity index (χ1) is 28.7. The highest BCUT2D eigenvalue weighted by Crippen LogP contribution is 2.37. The molecular weight excluding hydrogens is 745 g/mol. The number of benzene rings is 5. The lowest BCUT2D eigenvalue weighted by Gasteiger charge is -2.37. The SMILES string of the molecule is CCOC(=O)/C=C/[C@H](CCC(=O)NC(c1ccccc1)(c1ccccc1)c1ccccc1)NC(=O)[C@H](Cc1ccccc1)NC(=O)[C@H](C)NC(=O)OCc1ccccc1. The highest BCUT2D eigenvalue weighted by molar-refractivity contribution is 5.91. The second-order valence-corrected chi connectivity index (χ2v) is 13.8. The van der Waals surface area contributed by atoms with Crippen LogP contribution in [0, 0.1) is 0 Å². The van der Waals surface area contributed by atoms with Crippen LogP contribution in [-0.2, 0) is 47.2 Å². The fourth-order valence-corrected chi connectivity index (χ4v) is 6.59. The van der Waals surface area contributed by atoms with E-state index in [2.05, 4.69) is 21.3 Å². The molecule has 0 bridgehead atoms. The van der Waals surface area contributed by atoms with Gasteiger partial charge in [0.2, 0.25) is 17.7 Å². The first-order valence-electron chi connectivity index (χ1n) is 19.6. The second-order valence-electron chi connectivity index (χ2n) is 13.8. The van der Waals surface area contributed by atoms with Crippen molar-refractivity contribution in [1.29, 1.82) is 0 Å². The van der Waals surface area contributed by atoms with Crippen molar-refractivity contribution in [2.45, 2.75) is 63.4 Å². The maximum Gasteiger partial charge on any atom is 0.408 e. The van der Waals surface area contributed by atoms with Gasteiger partial charge in [0, 0.05) is 25.0 Å². The van der Waals surface area contributed by atoms with E-state index >= 15 is 0 Å². The molecule has 3 atom stereocenters. The van der Waals surface area contributed by atoms with Gasteiger partial charge in [0.15, 0.2) is 0 Å². The topological polar surface area (TPSA) is 152 Å². The van der Waals surface area contributed by atoms with Gasteiger partial charge in [0.05, 0.1) is 6.61 Å². The molecule has 59 heavy (non-hydrogen) atoms. The second kappa shape index (κ2) is 22.1. The third-order valence-corrected chi connectivity index (χ3v) is 9.56. The number of ether oxygens (including phenoxy) is 2. The van der Waals surface area contributed by atoms with Gasteiger partial charge in [0.1, 0.15) is 24.2 Å². The zero-order valence-corrected chi connectivity index (χ0v) is 33.2. The summed E-state index contributed by atoms with van der Waals surface area (Å²) in [6, 6.07) is 44.4. The summed E-state index contributed by atoms with van der Waals surface area (Å²) in [5.41, 5.74) is 3.06. The van der Waals surface area contributed by atoms with Gasteiger partial charge < -0.3 is 30.7 Å². The summed E-state index contributed by atoms with van der Waals surface area (Å²) in [5.74, 6) is -2.10. The Labute approximate surface area is 345 Å². The van der Waals surface area contributed by atoms with E-state index in [9.17, 15) is 24.0 Å². The van der Waals surface area contributed by atoms with Gasteiger partial charge in [0.25, 0.3) is 0 Å². The van der Waals surface area contributed by atoms with E-state index in [-0.39, 0.29) is 38.4 Å². The van der Waals surface area contributed by atoms with Crippen molar-refractivity contribution in [2.75, 3.05) is 6.61 Å². The van der Waals surface area contributed by atoms with Gasteiger partial charge in [-0.25, -0.2) is 9.59 Å². The lowest BCUT2D eigenvalue weighted by Crippen LogP contribution is -2.55. The van der Waals surface area contributed by atoms with Crippen LogP contribution in [-0.4, -0.2) is 54.5 Å². The molecule has 0 aliphatic heterocycles. The van der Waals surface area contributed by atoms with Crippen molar-refractivity contribution in [3.05, 3.63) is 192 Å². The van der Waals surface area contributed by atoms with Crippen molar-refractivity contribution < 1.29 is 33.4 Å². The van der Waals surface area contributed by atoms with Crippen LogP contribution >= 0.6 is 0 Å². The summed E-state index contributed by atoms with van der Waals surface area (Å²) >= 11 is 0. The van der Waals surface area contributed by atoms with E-state index in [1.54, 1.807) is 6.92 Å². The lowest BCUT2D eigenvalue weighted by molar-refractivity contribution is -0.137. The predicted molar refractivity (Wildman–Crippen MR) is 226 cm³/mol. The normalized spacial score (nSPS) is 12.6. The minimum atomic E-state index is -1.09. The standard InChI is InChI=1S/C48H50N4O7/c1-3-58-44(54)32-30-41(29-31-43(53)52-48(38-23-13-6-14-24-38,39-25-15-7-16-26-39)40-27-17-8-18-28-40)50-46(56)42(33-36-19-9-4-10-20-36)51-45(55)35(2)49-47(57)59-34-37-21-11-5-12-22-37/h4-28,30,32,35,41-42H,3,29,31,33-34H2,1-2H3,(H,49,57)(H,50,56)(H,51,55)(H,52,53)/b32-30+/t35-,41-,42-/m0/s1. The molecule has 0 aliphatic carbocycles. The molecule has 0 aromatic heterocycles. The summed E-state index contributed by atoms with van der Waals surface area (Å²) in [5, 5.41) is 11.6. The summed E-state index contributed by atoms with van der Waals surface area (Å²) in [7, 11) is 0. The molecule has 0 saturated carbocycles. The van der Waals surface area contributed by atoms with Crippen LogP contribution in [0.5, 0.6) is 0 Å². The highest BCUT2D eigenvalue weighted by Gasteiger charge is 2.38. The minimum absolute atomic E-state index is 0.0184. The zero-order chi connectivity index (χ0) is 41.9. The average molecular weight is 795 g/mol. The monoisotopic (exact) mass is 794 g/mol. The fourth-order valence-electron chi connectivity index (χ4n) is 6.59. The molecule has 11 nitrogen and oxygen atoms in total. The van der Waals surface area contributed by atoms with E-state index < -0.39 is 47.5 Å². The molecule has 5 aromatic rings. The number of carbonyl (C=O) groups excluding carboxylic acids is 5. The van der Waals surface area contributed by atoms with Crippen LogP contribution in [0.2, 0.25) is 0 Å². The summed E-state index contributed by atoms with van der Waals surface area (Å²) in [6.07, 6.45) is 2.07. The zero-order valence-electron chi connectivity index (χ0n) is 33.2. The number of amides is 4. The van der Waals surface area contributed by atoms with E-state index in [0.29, 0.717) is 0 Å². The number of alkyl carbamates (subject to hydrolysis) is 1. The van der Waals surface area contributed by atoms with Crippen LogP contribution in [0.25, 0.3) is 0 Å². The van der Waals surface area contributed by atoms with Crippen molar-refractivity contribution in [1.82, 2.24) is 21.3 Å². The molecule has 4 amide bonds. The average Bonchev–Trinajstić information content (AvgIpc) is 3.27. The van der Waals surface area contributed by atoms with Crippen molar-refractivity contribution in [3.8, 4) is 0 Å². The van der Waals surface area contributed by atoms with Gasteiger partial charge in [-0.3, -0.25) is 14.4 Å². The molecule has 5 aromatic carbocycles. The Morgan fingerprint density at radius 1 is 0.610 bits per heavy atom. The number of esters is 1. The Bertz CT molecular complexity index is 2040. The molecule has 0 unspecified atom stereocenters. The molecule has 304 valence electrons. The van der Waals surface area contributed by atoms with Gasteiger partial charge in [-0.05, 0) is 48.1 Å². The predicted octanol–water partition coefficient (Wildman–Crippen LogP) is 6.52. The number of hydrogen-bond donors (Lipinski definition) is 4. The minimum Gasteiger partial charge on any atom is -0.463 e. The van der Waals surface area contributed by atoms with Gasteiger partial charge in [-0.15, -0.1) is 0 Å². The first kappa shape index (κ1) is 43.1. The van der Waals surface area contributed by atoms with Crippen molar-refractivity contribution in [2.24, 2.45) is 0 Å². The Hall–Kier alpha value is -7.01. The van der Waals surface area contributed by atoms with Crippen molar-refractivity contribution in [3.63, 3.8) is 0 Å². The van der Waals surface area contributed by atoms with Crippen LogP contribution in [0.3, 0.4) is 0 Å². The van der Waals surface area contributed by atoms with E-state index in [1.807, 2.05) is 152 Å². The van der Waals surface area contributed by atoms with Crippen molar-refractivity contribution >= 4 is 29.8 Å². The van der Waals surface area contributed by atoms with E-state index in [1.165, 1.54) is 19.1 Å². The van der Waals surface area contributed by atoms with Crippen LogP contribution < -0.4 is 21.3 Å². The largest absolute Gasteiger partial charge is 0.463 e. The molecule has 0 radical (unpaired) electrons. The number of rotatable bonds is 19. The third kappa shape index (κ3) is 12.7. The Balaban J connectivity index is 1.34. The van der Waals surface area contributed by atoms with Crippen LogP contribution in [0.15, 0.2) is 164 Å². The summed E-state index contributed by atoms with van der Waals surface area (Å²) in [6.45, 7) is 3.34. The van der Waals surface area contributed by atoms with E-state index in [4.69, 9.17) is 9.47 Å². The number of hydrogen-bond acceptors (Lipinski definition) is 7. The quantitative estimate of drug-likeness (QED) is 0.0422.